The first-order valence-corrected chi connectivity index (χ1v) is 6.80. The highest BCUT2D eigenvalue weighted by molar-refractivity contribution is 6.29. The fourth-order valence-corrected chi connectivity index (χ4v) is 2.23. The number of anilines is 1. The molecular weight excluding hydrogens is 286 g/mol. The molecule has 0 aliphatic rings. The van der Waals surface area contributed by atoms with Crippen molar-refractivity contribution in [2.45, 2.75) is 6.92 Å². The van der Waals surface area contributed by atoms with Crippen LogP contribution in [0.15, 0.2) is 48.7 Å². The van der Waals surface area contributed by atoms with E-state index in [1.54, 1.807) is 12.1 Å². The molecule has 0 saturated carbocycles. The van der Waals surface area contributed by atoms with Gasteiger partial charge in [0.25, 0.3) is 5.91 Å². The van der Waals surface area contributed by atoms with Gasteiger partial charge in [0.05, 0.1) is 16.8 Å². The highest BCUT2D eigenvalue weighted by Crippen LogP contribution is 2.23. The molecule has 0 unspecified atom stereocenters. The Morgan fingerprint density at radius 2 is 2.00 bits per heavy atom. The maximum Gasteiger partial charge on any atom is 0.257 e. The zero-order valence-corrected chi connectivity index (χ0v) is 12.1. The Balaban J connectivity index is 1.98. The van der Waals surface area contributed by atoms with Gasteiger partial charge in [-0.1, -0.05) is 29.8 Å². The van der Waals surface area contributed by atoms with Crippen molar-refractivity contribution in [2.75, 3.05) is 5.32 Å². The third-order valence-corrected chi connectivity index (χ3v) is 3.31. The van der Waals surface area contributed by atoms with Crippen LogP contribution in [-0.2, 0) is 0 Å². The molecule has 0 fully saturated rings. The lowest BCUT2D eigenvalue weighted by atomic mass is 10.1. The molecule has 2 aromatic heterocycles. The van der Waals surface area contributed by atoms with Gasteiger partial charge in [-0.05, 0) is 31.2 Å². The molecule has 0 atom stereocenters. The lowest BCUT2D eigenvalue weighted by Gasteiger charge is -2.09. The van der Waals surface area contributed by atoms with Crippen molar-refractivity contribution in [1.82, 2.24) is 9.97 Å². The summed E-state index contributed by atoms with van der Waals surface area (Å²) in [6.07, 6.45) is 1.45. The van der Waals surface area contributed by atoms with Crippen LogP contribution in [0.5, 0.6) is 0 Å². The second kappa shape index (κ2) is 5.50. The van der Waals surface area contributed by atoms with Crippen LogP contribution in [0.3, 0.4) is 0 Å². The first kappa shape index (κ1) is 13.5. The molecule has 21 heavy (non-hydrogen) atoms. The van der Waals surface area contributed by atoms with Crippen LogP contribution >= 0.6 is 11.6 Å². The fraction of sp³-hybridized carbons (Fsp3) is 0.0625. The van der Waals surface area contributed by atoms with E-state index in [1.807, 2.05) is 37.3 Å². The van der Waals surface area contributed by atoms with Crippen molar-refractivity contribution < 1.29 is 4.79 Å². The molecule has 4 nitrogen and oxygen atoms in total. The summed E-state index contributed by atoms with van der Waals surface area (Å²) in [7, 11) is 0. The number of benzene rings is 1. The summed E-state index contributed by atoms with van der Waals surface area (Å²) in [6, 6.07) is 12.8. The Bertz CT molecular complexity index is 815. The molecule has 1 aromatic carbocycles. The minimum absolute atomic E-state index is 0.227. The van der Waals surface area contributed by atoms with Crippen molar-refractivity contribution >= 4 is 34.1 Å². The van der Waals surface area contributed by atoms with Gasteiger partial charge in [0.2, 0.25) is 0 Å². The first-order chi connectivity index (χ1) is 10.1. The maximum atomic E-state index is 12.3. The average Bonchev–Trinajstić information content (AvgIpc) is 2.47. The number of aryl methyl sites for hydroxylation is 1. The number of fused-ring (bicyclic) bond motifs is 1. The summed E-state index contributed by atoms with van der Waals surface area (Å²) in [6.45, 7) is 1.89. The predicted octanol–water partition coefficient (Wildman–Crippen LogP) is 3.84. The molecule has 0 bridgehead atoms. The summed E-state index contributed by atoms with van der Waals surface area (Å²) in [5.41, 5.74) is 2.89. The van der Waals surface area contributed by atoms with E-state index in [-0.39, 0.29) is 5.91 Å². The summed E-state index contributed by atoms with van der Waals surface area (Å²) in [5, 5.41) is 4.16. The Hall–Kier alpha value is -2.46. The van der Waals surface area contributed by atoms with E-state index in [0.29, 0.717) is 10.7 Å². The molecule has 1 amide bonds. The molecule has 3 rings (SSSR count). The van der Waals surface area contributed by atoms with Crippen molar-refractivity contribution in [3.05, 3.63) is 65.1 Å². The second-order valence-corrected chi connectivity index (χ2v) is 5.04. The van der Waals surface area contributed by atoms with Gasteiger partial charge < -0.3 is 5.32 Å². The molecule has 0 aliphatic carbocycles. The molecule has 0 saturated heterocycles. The van der Waals surface area contributed by atoms with Crippen molar-refractivity contribution in [3.8, 4) is 0 Å². The van der Waals surface area contributed by atoms with E-state index >= 15 is 0 Å². The number of hydrogen-bond acceptors (Lipinski definition) is 3. The summed E-state index contributed by atoms with van der Waals surface area (Å²) in [5.74, 6) is -0.227. The van der Waals surface area contributed by atoms with Crippen molar-refractivity contribution in [1.29, 1.82) is 0 Å². The zero-order valence-electron chi connectivity index (χ0n) is 11.3. The monoisotopic (exact) mass is 297 g/mol. The first-order valence-electron chi connectivity index (χ1n) is 6.43. The number of nitrogens with zero attached hydrogens (tertiary/aromatic N) is 2. The lowest BCUT2D eigenvalue weighted by molar-refractivity contribution is 0.102. The van der Waals surface area contributed by atoms with Gasteiger partial charge >= 0.3 is 0 Å². The Labute approximate surface area is 126 Å². The van der Waals surface area contributed by atoms with Crippen molar-refractivity contribution in [2.24, 2.45) is 0 Å². The molecule has 0 radical (unpaired) electrons. The van der Waals surface area contributed by atoms with Crippen LogP contribution in [0.1, 0.15) is 16.1 Å². The van der Waals surface area contributed by atoms with E-state index in [2.05, 4.69) is 15.3 Å². The third-order valence-electron chi connectivity index (χ3n) is 3.08. The lowest BCUT2D eigenvalue weighted by Crippen LogP contribution is -2.12. The standard InChI is InChI=1S/C16H12ClN3O/c1-10-8-14(12-4-2-3-5-13(12)19-10)20-16(21)11-6-7-15(17)18-9-11/h2-9H,1H3,(H,19,20,21). The molecule has 5 heteroatoms. The summed E-state index contributed by atoms with van der Waals surface area (Å²) < 4.78 is 0. The zero-order chi connectivity index (χ0) is 14.8. The van der Waals surface area contributed by atoms with Gasteiger partial charge in [-0.25, -0.2) is 4.98 Å². The average molecular weight is 298 g/mol. The smallest absolute Gasteiger partial charge is 0.257 e. The van der Waals surface area contributed by atoms with Crippen LogP contribution in [0.25, 0.3) is 10.9 Å². The molecule has 1 N–H and O–H groups in total. The number of carbonyl (C=O) groups excluding carboxylic acids is 1. The minimum Gasteiger partial charge on any atom is -0.321 e. The van der Waals surface area contributed by atoms with Crippen LogP contribution in [0.4, 0.5) is 5.69 Å². The molecule has 2 heterocycles. The predicted molar refractivity (Wildman–Crippen MR) is 83.7 cm³/mol. The van der Waals surface area contributed by atoms with Crippen LogP contribution in [-0.4, -0.2) is 15.9 Å². The van der Waals surface area contributed by atoms with E-state index in [4.69, 9.17) is 11.6 Å². The van der Waals surface area contributed by atoms with E-state index in [1.165, 1.54) is 6.20 Å². The number of para-hydroxylation sites is 1. The Morgan fingerprint density at radius 1 is 1.19 bits per heavy atom. The van der Waals surface area contributed by atoms with Gasteiger partial charge in [-0.3, -0.25) is 9.78 Å². The molecule has 0 spiro atoms. The van der Waals surface area contributed by atoms with Crippen LogP contribution < -0.4 is 5.32 Å². The number of rotatable bonds is 2. The Morgan fingerprint density at radius 3 is 2.76 bits per heavy atom. The molecular formula is C16H12ClN3O. The number of halogens is 1. The van der Waals surface area contributed by atoms with Gasteiger partial charge in [0, 0.05) is 17.3 Å². The number of amides is 1. The van der Waals surface area contributed by atoms with E-state index < -0.39 is 0 Å². The van der Waals surface area contributed by atoms with Gasteiger partial charge in [-0.15, -0.1) is 0 Å². The molecule has 104 valence electrons. The van der Waals surface area contributed by atoms with E-state index in [9.17, 15) is 4.79 Å². The summed E-state index contributed by atoms with van der Waals surface area (Å²) >= 11 is 5.72. The topological polar surface area (TPSA) is 54.9 Å². The quantitative estimate of drug-likeness (QED) is 0.731. The van der Waals surface area contributed by atoms with Crippen LogP contribution in [0.2, 0.25) is 5.15 Å². The van der Waals surface area contributed by atoms with Gasteiger partial charge in [-0.2, -0.15) is 0 Å². The van der Waals surface area contributed by atoms with Crippen LogP contribution in [0, 0.1) is 6.92 Å². The largest absolute Gasteiger partial charge is 0.321 e. The number of carbonyl (C=O) groups is 1. The SMILES string of the molecule is Cc1cc(NC(=O)c2ccc(Cl)nc2)c2ccccc2n1. The third kappa shape index (κ3) is 2.85. The number of hydrogen-bond donors (Lipinski definition) is 1. The Kier molecular flexibility index (Phi) is 3.54. The molecule has 0 aliphatic heterocycles. The fourth-order valence-electron chi connectivity index (χ4n) is 2.12. The highest BCUT2D eigenvalue weighted by Gasteiger charge is 2.10. The van der Waals surface area contributed by atoms with Crippen molar-refractivity contribution in [3.63, 3.8) is 0 Å². The van der Waals surface area contributed by atoms with E-state index in [0.717, 1.165) is 22.3 Å². The number of aromatic nitrogens is 2. The highest BCUT2D eigenvalue weighted by atomic mass is 35.5. The normalized spacial score (nSPS) is 10.6. The maximum absolute atomic E-state index is 12.3. The van der Waals surface area contributed by atoms with Gasteiger partial charge in [0.15, 0.2) is 0 Å². The van der Waals surface area contributed by atoms with Gasteiger partial charge in [0.1, 0.15) is 5.15 Å². The number of pyridine rings is 2. The second-order valence-electron chi connectivity index (χ2n) is 4.65. The molecule has 3 aromatic rings. The minimum atomic E-state index is -0.227. The number of nitrogens with one attached hydrogen (secondary N) is 1. The summed E-state index contributed by atoms with van der Waals surface area (Å²) in [4.78, 5) is 20.6.